The van der Waals surface area contributed by atoms with Crippen LogP contribution >= 0.6 is 0 Å². The Bertz CT molecular complexity index is 228. The van der Waals surface area contributed by atoms with Crippen LogP contribution in [0.4, 0.5) is 0 Å². The van der Waals surface area contributed by atoms with Crippen molar-refractivity contribution in [1.29, 1.82) is 0 Å². The van der Waals surface area contributed by atoms with E-state index >= 15 is 0 Å². The number of ether oxygens (including phenoxy) is 1. The third kappa shape index (κ3) is 11.3. The summed E-state index contributed by atoms with van der Waals surface area (Å²) < 4.78 is 5.05. The van der Waals surface area contributed by atoms with Gasteiger partial charge in [-0.05, 0) is 31.1 Å². The Hall–Kier alpha value is -0.320. The summed E-state index contributed by atoms with van der Waals surface area (Å²) in [5, 5.41) is 61.4. The van der Waals surface area contributed by atoms with E-state index in [4.69, 9.17) is 40.5 Å². The fraction of sp³-hybridized carbons (Fsp3) is 1.00. The first-order chi connectivity index (χ1) is 11.5. The molecule has 2 atom stereocenters. The van der Waals surface area contributed by atoms with Crippen LogP contribution in [0.2, 0.25) is 0 Å². The average Bonchev–Trinajstić information content (AvgIpc) is 2.63. The molecule has 0 amide bonds. The Labute approximate surface area is 144 Å². The van der Waals surface area contributed by atoms with Crippen LogP contribution in [0.5, 0.6) is 0 Å². The van der Waals surface area contributed by atoms with Crippen molar-refractivity contribution in [3.63, 3.8) is 0 Å². The lowest BCUT2D eigenvalue weighted by Gasteiger charge is -2.27. The molecule has 0 aliphatic heterocycles. The van der Waals surface area contributed by atoms with Crippen LogP contribution in [-0.2, 0) is 4.74 Å². The third-order valence-corrected chi connectivity index (χ3v) is 4.20. The van der Waals surface area contributed by atoms with Crippen LogP contribution < -0.4 is 0 Å². The molecule has 0 saturated heterocycles. The smallest absolute Gasteiger partial charge is 0.0698 e. The first-order valence-corrected chi connectivity index (χ1v) is 8.38. The van der Waals surface area contributed by atoms with Crippen LogP contribution in [0.15, 0.2) is 0 Å². The maximum atomic E-state index is 8.97. The lowest BCUT2D eigenvalue weighted by atomic mass is 9.88. The standard InChI is InChI=1S/2C8H18O4/c9-3-1-7(5-11)8(6-12)2-4-10;1-2-8(5-10,6-11)7-12-4-3-9/h7-12H,1-6H2;9-11H,2-7H2,1H3. The Morgan fingerprint density at radius 1 is 0.750 bits per heavy atom. The molecule has 0 radical (unpaired) electrons. The first-order valence-electron chi connectivity index (χ1n) is 8.38. The lowest BCUT2D eigenvalue weighted by Crippen LogP contribution is -2.34. The highest BCUT2D eigenvalue weighted by Crippen LogP contribution is 2.20. The highest BCUT2D eigenvalue weighted by Gasteiger charge is 2.26. The van der Waals surface area contributed by atoms with Crippen molar-refractivity contribution in [3.8, 4) is 0 Å². The molecule has 8 heteroatoms. The van der Waals surface area contributed by atoms with Gasteiger partial charge in [-0.1, -0.05) is 6.92 Å². The Balaban J connectivity index is 0. The SMILES string of the molecule is CCC(CO)(CO)COCCO.OCCC(CO)C(CO)CCO. The van der Waals surface area contributed by atoms with Crippen molar-refractivity contribution in [2.24, 2.45) is 17.3 Å². The van der Waals surface area contributed by atoms with E-state index in [2.05, 4.69) is 0 Å². The summed E-state index contributed by atoms with van der Waals surface area (Å²) in [5.41, 5.74) is -0.546. The van der Waals surface area contributed by atoms with Gasteiger partial charge in [-0.25, -0.2) is 0 Å². The number of aliphatic hydroxyl groups is 7. The van der Waals surface area contributed by atoms with Crippen molar-refractivity contribution >= 4 is 0 Å². The van der Waals surface area contributed by atoms with E-state index < -0.39 is 5.41 Å². The van der Waals surface area contributed by atoms with Gasteiger partial charge in [-0.15, -0.1) is 0 Å². The summed E-state index contributed by atoms with van der Waals surface area (Å²) in [7, 11) is 0. The largest absolute Gasteiger partial charge is 0.396 e. The number of aliphatic hydroxyl groups excluding tert-OH is 7. The van der Waals surface area contributed by atoms with E-state index in [9.17, 15) is 0 Å². The fourth-order valence-electron chi connectivity index (χ4n) is 2.10. The molecule has 0 aromatic carbocycles. The summed E-state index contributed by atoms with van der Waals surface area (Å²) >= 11 is 0. The maximum Gasteiger partial charge on any atom is 0.0698 e. The van der Waals surface area contributed by atoms with E-state index in [0.29, 0.717) is 19.3 Å². The van der Waals surface area contributed by atoms with Gasteiger partial charge in [0, 0.05) is 31.8 Å². The van der Waals surface area contributed by atoms with Crippen LogP contribution in [0, 0.1) is 17.3 Å². The molecule has 148 valence electrons. The fourth-order valence-corrected chi connectivity index (χ4v) is 2.10. The average molecular weight is 356 g/mol. The molecule has 7 N–H and O–H groups in total. The van der Waals surface area contributed by atoms with Crippen molar-refractivity contribution in [2.75, 3.05) is 59.5 Å². The van der Waals surface area contributed by atoms with Gasteiger partial charge in [0.05, 0.1) is 33.0 Å². The molecule has 0 aromatic rings. The summed E-state index contributed by atoms with van der Waals surface area (Å²) in [6, 6.07) is 0. The Morgan fingerprint density at radius 3 is 1.46 bits per heavy atom. The van der Waals surface area contributed by atoms with Crippen LogP contribution in [0.25, 0.3) is 0 Å². The van der Waals surface area contributed by atoms with E-state index in [1.807, 2.05) is 6.92 Å². The molecule has 0 bridgehead atoms. The quantitative estimate of drug-likeness (QED) is 0.183. The van der Waals surface area contributed by atoms with Crippen molar-refractivity contribution < 1.29 is 40.5 Å². The second-order valence-corrected chi connectivity index (χ2v) is 5.86. The van der Waals surface area contributed by atoms with Crippen LogP contribution in [-0.4, -0.2) is 95.2 Å². The zero-order chi connectivity index (χ0) is 18.8. The van der Waals surface area contributed by atoms with E-state index in [1.54, 1.807) is 0 Å². The molecule has 0 fully saturated rings. The molecule has 2 unspecified atom stereocenters. The molecule has 0 aliphatic carbocycles. The highest BCUT2D eigenvalue weighted by atomic mass is 16.5. The molecule has 0 aliphatic rings. The summed E-state index contributed by atoms with van der Waals surface area (Å²) in [6.45, 7) is 2.12. The topological polar surface area (TPSA) is 151 Å². The van der Waals surface area contributed by atoms with E-state index in [0.717, 1.165) is 0 Å². The normalized spacial score (nSPS) is 14.0. The lowest BCUT2D eigenvalue weighted by molar-refractivity contribution is -0.0369. The van der Waals surface area contributed by atoms with Crippen LogP contribution in [0.3, 0.4) is 0 Å². The second kappa shape index (κ2) is 17.5. The summed E-state index contributed by atoms with van der Waals surface area (Å²) in [5.74, 6) is -0.209. The van der Waals surface area contributed by atoms with Gasteiger partial charge in [0.2, 0.25) is 0 Å². The predicted octanol–water partition coefficient (Wildman–Crippen LogP) is -1.66. The van der Waals surface area contributed by atoms with Gasteiger partial charge < -0.3 is 40.5 Å². The molecule has 0 spiro atoms. The minimum Gasteiger partial charge on any atom is -0.396 e. The molecule has 0 heterocycles. The summed E-state index contributed by atoms with van der Waals surface area (Å²) in [6.07, 6.45) is 1.61. The maximum absolute atomic E-state index is 8.97. The monoisotopic (exact) mass is 356 g/mol. The minimum absolute atomic E-state index is 0.00710. The number of hydrogen-bond acceptors (Lipinski definition) is 8. The molecule has 0 aromatic heterocycles. The highest BCUT2D eigenvalue weighted by molar-refractivity contribution is 4.75. The molecule has 0 rings (SSSR count). The molecule has 8 nitrogen and oxygen atoms in total. The van der Waals surface area contributed by atoms with Crippen molar-refractivity contribution in [1.82, 2.24) is 0 Å². The van der Waals surface area contributed by atoms with Crippen molar-refractivity contribution in [3.05, 3.63) is 0 Å². The third-order valence-electron chi connectivity index (χ3n) is 4.20. The van der Waals surface area contributed by atoms with Crippen LogP contribution in [0.1, 0.15) is 26.2 Å². The van der Waals surface area contributed by atoms with Gasteiger partial charge in [-0.2, -0.15) is 0 Å². The molecule has 0 saturated carbocycles. The van der Waals surface area contributed by atoms with Gasteiger partial charge in [-0.3, -0.25) is 0 Å². The molecular weight excluding hydrogens is 320 g/mol. The number of hydrogen-bond donors (Lipinski definition) is 7. The molecule has 24 heavy (non-hydrogen) atoms. The predicted molar refractivity (Wildman–Crippen MR) is 89.4 cm³/mol. The zero-order valence-corrected chi connectivity index (χ0v) is 14.7. The second-order valence-electron chi connectivity index (χ2n) is 5.86. The van der Waals surface area contributed by atoms with Gasteiger partial charge in [0.25, 0.3) is 0 Å². The first kappa shape index (κ1) is 25.9. The van der Waals surface area contributed by atoms with Crippen molar-refractivity contribution in [2.45, 2.75) is 26.2 Å². The van der Waals surface area contributed by atoms with E-state index in [1.165, 1.54) is 0 Å². The van der Waals surface area contributed by atoms with Gasteiger partial charge in [0.1, 0.15) is 0 Å². The summed E-state index contributed by atoms with van der Waals surface area (Å²) in [4.78, 5) is 0. The van der Waals surface area contributed by atoms with E-state index in [-0.39, 0.29) is 71.3 Å². The number of rotatable bonds is 14. The Morgan fingerprint density at radius 2 is 1.21 bits per heavy atom. The van der Waals surface area contributed by atoms with Gasteiger partial charge >= 0.3 is 0 Å². The Kier molecular flexibility index (Phi) is 18.9. The minimum atomic E-state index is -0.546. The molecular formula is C16H36O8. The zero-order valence-electron chi connectivity index (χ0n) is 14.7. The van der Waals surface area contributed by atoms with Gasteiger partial charge in [0.15, 0.2) is 0 Å².